The van der Waals surface area contributed by atoms with Gasteiger partial charge in [-0.15, -0.1) is 0 Å². The van der Waals surface area contributed by atoms with E-state index in [4.69, 9.17) is 4.74 Å². The Hall–Kier alpha value is -1.55. The molecule has 0 spiro atoms. The molecule has 1 fully saturated rings. The van der Waals surface area contributed by atoms with Crippen LogP contribution in [0, 0.1) is 0 Å². The molecule has 110 valence electrons. The summed E-state index contributed by atoms with van der Waals surface area (Å²) in [5.41, 5.74) is 1.96. The lowest BCUT2D eigenvalue weighted by Crippen LogP contribution is -2.29. The molecule has 0 radical (unpaired) electrons. The van der Waals surface area contributed by atoms with Gasteiger partial charge in [0.25, 0.3) is 0 Å². The lowest BCUT2D eigenvalue weighted by atomic mass is 9.93. The summed E-state index contributed by atoms with van der Waals surface area (Å²) < 4.78 is 5.38. The zero-order valence-corrected chi connectivity index (χ0v) is 12.3. The van der Waals surface area contributed by atoms with Crippen molar-refractivity contribution in [3.8, 4) is 0 Å². The van der Waals surface area contributed by atoms with Crippen LogP contribution in [-0.4, -0.2) is 25.2 Å². The Bertz CT molecular complexity index is 423. The zero-order valence-electron chi connectivity index (χ0n) is 12.3. The normalized spacial score (nSPS) is 22.3. The van der Waals surface area contributed by atoms with Crippen molar-refractivity contribution in [2.75, 3.05) is 17.7 Å². The molecule has 1 aromatic carbocycles. The molecule has 0 bridgehead atoms. The van der Waals surface area contributed by atoms with Gasteiger partial charge < -0.3 is 15.4 Å². The predicted molar refractivity (Wildman–Crippen MR) is 82.0 cm³/mol. The van der Waals surface area contributed by atoms with E-state index >= 15 is 0 Å². The third kappa shape index (κ3) is 4.23. The van der Waals surface area contributed by atoms with E-state index in [0.717, 1.165) is 37.1 Å². The molecule has 0 heterocycles. The van der Waals surface area contributed by atoms with Crippen molar-refractivity contribution in [2.24, 2.45) is 0 Å². The fourth-order valence-electron chi connectivity index (χ4n) is 2.58. The number of carbonyl (C=O) groups is 1. The number of rotatable bonds is 5. The highest BCUT2D eigenvalue weighted by Crippen LogP contribution is 2.24. The fraction of sp³-hybridized carbons (Fsp3) is 0.562. The van der Waals surface area contributed by atoms with Crippen molar-refractivity contribution in [3.63, 3.8) is 0 Å². The molecule has 0 saturated heterocycles. The van der Waals surface area contributed by atoms with Crippen LogP contribution in [-0.2, 0) is 9.53 Å². The summed E-state index contributed by atoms with van der Waals surface area (Å²) in [6, 6.07) is 8.45. The number of carbonyl (C=O) groups excluding carboxylic acids is 1. The summed E-state index contributed by atoms with van der Waals surface area (Å²) in [6.45, 7) is 1.85. The molecule has 2 rings (SSSR count). The van der Waals surface area contributed by atoms with Crippen LogP contribution in [0.5, 0.6) is 0 Å². The van der Waals surface area contributed by atoms with Gasteiger partial charge in [-0.1, -0.05) is 6.92 Å². The molecule has 1 aromatic rings. The molecule has 1 aliphatic carbocycles. The summed E-state index contributed by atoms with van der Waals surface area (Å²) in [5.74, 6) is 0.0450. The first-order chi connectivity index (χ1) is 9.71. The van der Waals surface area contributed by atoms with Crippen LogP contribution in [0.4, 0.5) is 11.4 Å². The van der Waals surface area contributed by atoms with E-state index in [1.807, 2.05) is 31.2 Å². The van der Waals surface area contributed by atoms with Crippen molar-refractivity contribution in [1.29, 1.82) is 0 Å². The second-order valence-electron chi connectivity index (χ2n) is 5.33. The van der Waals surface area contributed by atoms with Gasteiger partial charge in [0, 0.05) is 30.9 Å². The van der Waals surface area contributed by atoms with Gasteiger partial charge in [0.15, 0.2) is 0 Å². The summed E-state index contributed by atoms with van der Waals surface area (Å²) in [7, 11) is 1.79. The maximum Gasteiger partial charge on any atom is 0.224 e. The fourth-order valence-corrected chi connectivity index (χ4v) is 2.58. The quantitative estimate of drug-likeness (QED) is 0.866. The molecule has 2 N–H and O–H groups in total. The number of methoxy groups -OCH3 is 1. The number of nitrogens with one attached hydrogen (secondary N) is 2. The second kappa shape index (κ2) is 7.29. The minimum Gasteiger partial charge on any atom is -0.382 e. The van der Waals surface area contributed by atoms with E-state index in [0.29, 0.717) is 18.6 Å². The molecule has 4 heteroatoms. The predicted octanol–water partition coefficient (Wildman–Crippen LogP) is 3.40. The zero-order chi connectivity index (χ0) is 14.4. The molecular weight excluding hydrogens is 252 g/mol. The smallest absolute Gasteiger partial charge is 0.224 e. The molecule has 1 amide bonds. The van der Waals surface area contributed by atoms with Gasteiger partial charge in [-0.25, -0.2) is 0 Å². The molecular formula is C16H24N2O2. The third-order valence-corrected chi connectivity index (χ3v) is 3.87. The molecule has 0 aliphatic heterocycles. The van der Waals surface area contributed by atoms with Crippen molar-refractivity contribution in [3.05, 3.63) is 24.3 Å². The minimum absolute atomic E-state index is 0.0450. The van der Waals surface area contributed by atoms with E-state index in [2.05, 4.69) is 10.6 Å². The largest absolute Gasteiger partial charge is 0.382 e. The van der Waals surface area contributed by atoms with Gasteiger partial charge in [-0.2, -0.15) is 0 Å². The van der Waals surface area contributed by atoms with Crippen molar-refractivity contribution < 1.29 is 9.53 Å². The number of hydrogen-bond acceptors (Lipinski definition) is 3. The van der Waals surface area contributed by atoms with Crippen LogP contribution in [0.2, 0.25) is 0 Å². The summed E-state index contributed by atoms with van der Waals surface area (Å²) in [4.78, 5) is 11.3. The Morgan fingerprint density at radius 2 is 1.75 bits per heavy atom. The molecule has 4 nitrogen and oxygen atoms in total. The molecule has 1 saturated carbocycles. The molecule has 0 aromatic heterocycles. The van der Waals surface area contributed by atoms with E-state index < -0.39 is 0 Å². The van der Waals surface area contributed by atoms with E-state index in [-0.39, 0.29) is 5.91 Å². The lowest BCUT2D eigenvalue weighted by molar-refractivity contribution is -0.115. The summed E-state index contributed by atoms with van der Waals surface area (Å²) in [5, 5.41) is 6.40. The van der Waals surface area contributed by atoms with E-state index in [1.54, 1.807) is 7.11 Å². The van der Waals surface area contributed by atoms with Crippen LogP contribution in [0.15, 0.2) is 24.3 Å². The Kier molecular flexibility index (Phi) is 5.41. The Morgan fingerprint density at radius 3 is 2.30 bits per heavy atom. The highest BCUT2D eigenvalue weighted by Gasteiger charge is 2.20. The lowest BCUT2D eigenvalue weighted by Gasteiger charge is -2.29. The first kappa shape index (κ1) is 14.9. The second-order valence-corrected chi connectivity index (χ2v) is 5.33. The number of anilines is 2. The number of ether oxygens (including phenoxy) is 1. The minimum atomic E-state index is 0.0450. The molecule has 0 atom stereocenters. The van der Waals surface area contributed by atoms with Crippen molar-refractivity contribution in [2.45, 2.75) is 51.2 Å². The number of benzene rings is 1. The van der Waals surface area contributed by atoms with Gasteiger partial charge in [-0.05, 0) is 49.9 Å². The average Bonchev–Trinajstić information content (AvgIpc) is 2.50. The van der Waals surface area contributed by atoms with Crippen molar-refractivity contribution >= 4 is 17.3 Å². The molecule has 0 unspecified atom stereocenters. The topological polar surface area (TPSA) is 50.4 Å². The van der Waals surface area contributed by atoms with Gasteiger partial charge in [0.2, 0.25) is 5.91 Å². The maximum absolute atomic E-state index is 11.3. The van der Waals surface area contributed by atoms with Crippen LogP contribution in [0.25, 0.3) is 0 Å². The highest BCUT2D eigenvalue weighted by molar-refractivity contribution is 5.90. The maximum atomic E-state index is 11.3. The van der Waals surface area contributed by atoms with Gasteiger partial charge >= 0.3 is 0 Å². The monoisotopic (exact) mass is 276 g/mol. The first-order valence-electron chi connectivity index (χ1n) is 7.40. The van der Waals surface area contributed by atoms with Crippen LogP contribution < -0.4 is 10.6 Å². The Balaban J connectivity index is 1.83. The first-order valence-corrected chi connectivity index (χ1v) is 7.40. The highest BCUT2D eigenvalue weighted by atomic mass is 16.5. The molecule has 1 aliphatic rings. The summed E-state index contributed by atoms with van der Waals surface area (Å²) in [6.07, 6.45) is 5.47. The number of hydrogen-bond donors (Lipinski definition) is 2. The van der Waals surface area contributed by atoms with Gasteiger partial charge in [0.1, 0.15) is 0 Å². The standard InChI is InChI=1S/C16H24N2O2/c1-3-16(19)18-14-6-4-12(5-7-14)17-13-8-10-15(20-2)11-9-13/h4-7,13,15,17H,3,8-11H2,1-2H3,(H,18,19). The Morgan fingerprint density at radius 1 is 1.15 bits per heavy atom. The van der Waals surface area contributed by atoms with Crippen LogP contribution in [0.1, 0.15) is 39.0 Å². The SMILES string of the molecule is CCC(=O)Nc1ccc(NC2CCC(OC)CC2)cc1. The summed E-state index contributed by atoms with van der Waals surface area (Å²) >= 11 is 0. The van der Waals surface area contributed by atoms with Crippen LogP contribution >= 0.6 is 0 Å². The third-order valence-electron chi connectivity index (χ3n) is 3.87. The van der Waals surface area contributed by atoms with Gasteiger partial charge in [0.05, 0.1) is 6.10 Å². The Labute approximate surface area is 120 Å². The average molecular weight is 276 g/mol. The molecule has 20 heavy (non-hydrogen) atoms. The van der Waals surface area contributed by atoms with E-state index in [9.17, 15) is 4.79 Å². The van der Waals surface area contributed by atoms with E-state index in [1.165, 1.54) is 0 Å². The van der Waals surface area contributed by atoms with Crippen LogP contribution in [0.3, 0.4) is 0 Å². The number of amides is 1. The van der Waals surface area contributed by atoms with Crippen molar-refractivity contribution in [1.82, 2.24) is 0 Å². The van der Waals surface area contributed by atoms with Gasteiger partial charge in [-0.3, -0.25) is 4.79 Å².